The molecule has 2 saturated carbocycles. The topological polar surface area (TPSA) is 35.5 Å². The third-order valence-electron chi connectivity index (χ3n) is 3.64. The summed E-state index contributed by atoms with van der Waals surface area (Å²) in [5.41, 5.74) is 0.0527. The van der Waals surface area contributed by atoms with Crippen LogP contribution in [0, 0.1) is 11.3 Å². The van der Waals surface area contributed by atoms with Gasteiger partial charge in [0.2, 0.25) is 0 Å². The molecule has 0 aliphatic heterocycles. The molecule has 0 bridgehead atoms. The maximum Gasteiger partial charge on any atom is 0.167 e. The van der Waals surface area contributed by atoms with Gasteiger partial charge in [0.1, 0.15) is 5.78 Å². The fourth-order valence-corrected chi connectivity index (χ4v) is 2.60. The van der Waals surface area contributed by atoms with Gasteiger partial charge in [-0.1, -0.05) is 0 Å². The minimum atomic E-state index is -0.299. The van der Waals surface area contributed by atoms with Crippen molar-refractivity contribution in [3.63, 3.8) is 0 Å². The maximum atomic E-state index is 12.1. The Labute approximate surface area is 91.1 Å². The normalized spacial score (nSPS) is 27.9. The van der Waals surface area contributed by atoms with E-state index in [1.807, 2.05) is 13.8 Å². The summed E-state index contributed by atoms with van der Waals surface area (Å²) < 4.78 is 11.0. The van der Waals surface area contributed by atoms with Crippen LogP contribution in [0.5, 0.6) is 0 Å². The van der Waals surface area contributed by atoms with Crippen LogP contribution < -0.4 is 0 Å². The largest absolute Gasteiger partial charge is 0.352 e. The average molecular weight is 212 g/mol. The van der Waals surface area contributed by atoms with E-state index in [4.69, 9.17) is 9.47 Å². The van der Waals surface area contributed by atoms with Gasteiger partial charge in [-0.3, -0.25) is 4.79 Å². The smallest absolute Gasteiger partial charge is 0.167 e. The monoisotopic (exact) mass is 212 g/mol. The van der Waals surface area contributed by atoms with Crippen LogP contribution in [0.4, 0.5) is 0 Å². The third-order valence-corrected chi connectivity index (χ3v) is 3.64. The molecule has 1 atom stereocenters. The highest BCUT2D eigenvalue weighted by Crippen LogP contribution is 2.57. The maximum absolute atomic E-state index is 12.1. The van der Waals surface area contributed by atoms with Gasteiger partial charge in [0, 0.05) is 18.6 Å². The summed E-state index contributed by atoms with van der Waals surface area (Å²) in [7, 11) is 0. The molecule has 1 spiro atoms. The highest BCUT2D eigenvalue weighted by atomic mass is 16.7. The Hall–Kier alpha value is -0.410. The molecule has 0 N–H and O–H groups in total. The Bertz CT molecular complexity index is 239. The molecule has 0 heterocycles. The lowest BCUT2D eigenvalue weighted by molar-refractivity contribution is -0.172. The van der Waals surface area contributed by atoms with Crippen molar-refractivity contribution in [2.75, 3.05) is 13.2 Å². The van der Waals surface area contributed by atoms with E-state index in [1.54, 1.807) is 0 Å². The minimum Gasteiger partial charge on any atom is -0.352 e. The van der Waals surface area contributed by atoms with Crippen molar-refractivity contribution in [3.8, 4) is 0 Å². The van der Waals surface area contributed by atoms with E-state index in [-0.39, 0.29) is 17.6 Å². The molecular weight excluding hydrogens is 192 g/mol. The zero-order valence-electron chi connectivity index (χ0n) is 9.62. The van der Waals surface area contributed by atoms with Crippen LogP contribution in [0.15, 0.2) is 0 Å². The van der Waals surface area contributed by atoms with E-state index in [2.05, 4.69) is 0 Å². The van der Waals surface area contributed by atoms with Crippen LogP contribution in [0.1, 0.15) is 39.5 Å². The number of carbonyl (C=O) groups is 1. The minimum absolute atomic E-state index is 0.00704. The predicted molar refractivity (Wildman–Crippen MR) is 56.4 cm³/mol. The van der Waals surface area contributed by atoms with Crippen molar-refractivity contribution >= 4 is 5.78 Å². The first kappa shape index (κ1) is 11.1. The molecule has 0 aromatic heterocycles. The molecular formula is C12H20O3. The molecule has 86 valence electrons. The first-order valence-electron chi connectivity index (χ1n) is 6.01. The number of carbonyl (C=O) groups excluding carboxylic acids is 1. The number of ketones is 1. The molecule has 0 saturated heterocycles. The van der Waals surface area contributed by atoms with E-state index in [1.165, 1.54) is 0 Å². The molecule has 2 rings (SSSR count). The molecule has 3 nitrogen and oxygen atoms in total. The van der Waals surface area contributed by atoms with E-state index in [0.29, 0.717) is 19.0 Å². The van der Waals surface area contributed by atoms with Crippen molar-refractivity contribution in [1.29, 1.82) is 0 Å². The van der Waals surface area contributed by atoms with Crippen molar-refractivity contribution < 1.29 is 14.3 Å². The van der Waals surface area contributed by atoms with Crippen LogP contribution >= 0.6 is 0 Å². The van der Waals surface area contributed by atoms with Crippen molar-refractivity contribution in [3.05, 3.63) is 0 Å². The van der Waals surface area contributed by atoms with Gasteiger partial charge in [0.05, 0.1) is 5.92 Å². The number of Topliss-reactive ketones (excluding diaryl/α,β-unsaturated/α-hetero) is 1. The van der Waals surface area contributed by atoms with E-state index < -0.39 is 0 Å². The standard InChI is InChI=1S/C12H20O3/c1-3-14-11(15-4-2)9-5-6-12(7-8-12)10(9)13/h9,11H,3-8H2,1-2H3. The van der Waals surface area contributed by atoms with Gasteiger partial charge in [-0.15, -0.1) is 0 Å². The van der Waals surface area contributed by atoms with Gasteiger partial charge in [0.15, 0.2) is 6.29 Å². The molecule has 0 aromatic rings. The van der Waals surface area contributed by atoms with Gasteiger partial charge in [-0.05, 0) is 39.5 Å². The third kappa shape index (κ3) is 1.95. The second-order valence-corrected chi connectivity index (χ2v) is 4.57. The molecule has 2 fully saturated rings. The summed E-state index contributed by atoms with van der Waals surface area (Å²) in [6.45, 7) is 5.11. The van der Waals surface area contributed by atoms with Gasteiger partial charge in [-0.2, -0.15) is 0 Å². The Kier molecular flexibility index (Phi) is 3.12. The Morgan fingerprint density at radius 1 is 1.27 bits per heavy atom. The number of hydrogen-bond donors (Lipinski definition) is 0. The summed E-state index contributed by atoms with van der Waals surface area (Å²) in [5.74, 6) is 0.391. The fourth-order valence-electron chi connectivity index (χ4n) is 2.60. The molecule has 3 heteroatoms. The molecule has 0 aromatic carbocycles. The lowest BCUT2D eigenvalue weighted by Gasteiger charge is -2.22. The van der Waals surface area contributed by atoms with Crippen molar-refractivity contribution in [2.45, 2.75) is 45.8 Å². The second kappa shape index (κ2) is 4.22. The summed E-state index contributed by atoms with van der Waals surface area (Å²) >= 11 is 0. The quantitative estimate of drug-likeness (QED) is 0.655. The van der Waals surface area contributed by atoms with Crippen LogP contribution in [-0.4, -0.2) is 25.3 Å². The first-order chi connectivity index (χ1) is 7.23. The first-order valence-corrected chi connectivity index (χ1v) is 6.01. The van der Waals surface area contributed by atoms with Gasteiger partial charge in [0.25, 0.3) is 0 Å². The van der Waals surface area contributed by atoms with Crippen molar-refractivity contribution in [1.82, 2.24) is 0 Å². The zero-order valence-corrected chi connectivity index (χ0v) is 9.62. The van der Waals surface area contributed by atoms with E-state index >= 15 is 0 Å². The Morgan fingerprint density at radius 2 is 1.87 bits per heavy atom. The van der Waals surface area contributed by atoms with Gasteiger partial charge < -0.3 is 9.47 Å². The van der Waals surface area contributed by atoms with Gasteiger partial charge in [-0.25, -0.2) is 0 Å². The summed E-state index contributed by atoms with van der Waals surface area (Å²) in [6.07, 6.45) is 3.88. The molecule has 2 aliphatic carbocycles. The molecule has 0 amide bonds. The van der Waals surface area contributed by atoms with Crippen LogP contribution in [0.2, 0.25) is 0 Å². The molecule has 0 radical (unpaired) electrons. The molecule has 1 unspecified atom stereocenters. The fraction of sp³-hybridized carbons (Fsp3) is 0.917. The van der Waals surface area contributed by atoms with E-state index in [0.717, 1.165) is 25.7 Å². The zero-order chi connectivity index (χ0) is 10.9. The molecule has 2 aliphatic rings. The van der Waals surface area contributed by atoms with Gasteiger partial charge >= 0.3 is 0 Å². The predicted octanol–water partition coefficient (Wildman–Crippen LogP) is 2.14. The lowest BCUT2D eigenvalue weighted by atomic mass is 10.0. The van der Waals surface area contributed by atoms with Crippen LogP contribution in [-0.2, 0) is 14.3 Å². The SMILES string of the molecule is CCOC(OCC)C1CCC2(CC2)C1=O. The van der Waals surface area contributed by atoms with Crippen molar-refractivity contribution in [2.24, 2.45) is 11.3 Å². The van der Waals surface area contributed by atoms with Crippen LogP contribution in [0.3, 0.4) is 0 Å². The van der Waals surface area contributed by atoms with E-state index in [9.17, 15) is 4.79 Å². The lowest BCUT2D eigenvalue weighted by Crippen LogP contribution is -2.32. The highest BCUT2D eigenvalue weighted by molar-refractivity contribution is 5.91. The number of rotatable bonds is 5. The summed E-state index contributed by atoms with van der Waals surface area (Å²) in [4.78, 5) is 12.1. The Morgan fingerprint density at radius 3 is 2.27 bits per heavy atom. The second-order valence-electron chi connectivity index (χ2n) is 4.57. The summed E-state index contributed by atoms with van der Waals surface area (Å²) in [5, 5.41) is 0. The average Bonchev–Trinajstić information content (AvgIpc) is 2.92. The highest BCUT2D eigenvalue weighted by Gasteiger charge is 2.57. The Balaban J connectivity index is 1.98. The summed E-state index contributed by atoms with van der Waals surface area (Å²) in [6, 6.07) is 0. The number of ether oxygens (including phenoxy) is 2. The van der Waals surface area contributed by atoms with Crippen LogP contribution in [0.25, 0.3) is 0 Å². The molecule has 15 heavy (non-hydrogen) atoms. The number of hydrogen-bond acceptors (Lipinski definition) is 3.